The maximum Gasteiger partial charge on any atom is 0.262 e. The number of ether oxygens (including phenoxy) is 1. The minimum absolute atomic E-state index is 0.0544. The Hall–Kier alpha value is -2.97. The van der Waals surface area contributed by atoms with Gasteiger partial charge in [-0.05, 0) is 62.9 Å². The predicted molar refractivity (Wildman–Crippen MR) is 119 cm³/mol. The highest BCUT2D eigenvalue weighted by atomic mass is 16.5. The van der Waals surface area contributed by atoms with Gasteiger partial charge in [-0.25, -0.2) is 9.97 Å². The summed E-state index contributed by atoms with van der Waals surface area (Å²) in [5, 5.41) is 17.0. The third-order valence-electron chi connectivity index (χ3n) is 4.66. The van der Waals surface area contributed by atoms with Crippen molar-refractivity contribution in [1.82, 2.24) is 14.5 Å². The lowest BCUT2D eigenvalue weighted by atomic mass is 10.1. The van der Waals surface area contributed by atoms with Crippen molar-refractivity contribution in [3.8, 4) is 0 Å². The number of nitrogens with zero attached hydrogens (tertiary/aromatic N) is 3. The summed E-state index contributed by atoms with van der Waals surface area (Å²) in [7, 11) is 1.66. The van der Waals surface area contributed by atoms with E-state index in [2.05, 4.69) is 20.6 Å². The number of pyridine rings is 3. The average molecular weight is 412 g/mol. The number of fused-ring (bicyclic) bond motifs is 1. The van der Waals surface area contributed by atoms with Crippen molar-refractivity contribution in [2.75, 3.05) is 24.4 Å². The first-order chi connectivity index (χ1) is 14.2. The number of aliphatic hydroxyl groups is 1. The summed E-state index contributed by atoms with van der Waals surface area (Å²) in [6.07, 6.45) is 3.35. The molecule has 160 valence electrons. The van der Waals surface area contributed by atoms with Gasteiger partial charge in [-0.3, -0.25) is 4.79 Å². The molecule has 0 amide bonds. The maximum absolute atomic E-state index is 13.0. The van der Waals surface area contributed by atoms with Crippen LogP contribution in [0.5, 0.6) is 0 Å². The molecule has 3 N–H and O–H groups in total. The fourth-order valence-electron chi connectivity index (χ4n) is 3.13. The lowest BCUT2D eigenvalue weighted by molar-refractivity contribution is 0.119. The van der Waals surface area contributed by atoms with Gasteiger partial charge in [0.25, 0.3) is 5.56 Å². The molecular weight excluding hydrogens is 382 g/mol. The Morgan fingerprint density at radius 2 is 2.00 bits per heavy atom. The molecule has 0 saturated heterocycles. The topological polar surface area (TPSA) is 101 Å². The minimum Gasteiger partial charge on any atom is -0.395 e. The molecule has 8 nitrogen and oxygen atoms in total. The SMILES string of the molecule is COC(C)c1ccnc(Nc2cc3ccn(CCO)c(=O)c3c(NC(C)(C)C)n2)c1. The summed E-state index contributed by atoms with van der Waals surface area (Å²) >= 11 is 0. The summed E-state index contributed by atoms with van der Waals surface area (Å²) in [6, 6.07) is 7.49. The quantitative estimate of drug-likeness (QED) is 0.547. The van der Waals surface area contributed by atoms with Crippen LogP contribution in [-0.2, 0) is 11.3 Å². The monoisotopic (exact) mass is 411 g/mol. The molecule has 0 radical (unpaired) electrons. The van der Waals surface area contributed by atoms with E-state index in [1.165, 1.54) is 4.57 Å². The van der Waals surface area contributed by atoms with E-state index in [-0.39, 0.29) is 30.4 Å². The van der Waals surface area contributed by atoms with Crippen LogP contribution in [0.15, 0.2) is 41.5 Å². The molecule has 0 saturated carbocycles. The van der Waals surface area contributed by atoms with E-state index in [9.17, 15) is 9.90 Å². The highest BCUT2D eigenvalue weighted by molar-refractivity contribution is 5.93. The molecule has 0 fully saturated rings. The molecule has 3 heterocycles. The molecule has 0 bridgehead atoms. The number of nitrogens with one attached hydrogen (secondary N) is 2. The van der Waals surface area contributed by atoms with Gasteiger partial charge in [-0.2, -0.15) is 0 Å². The second kappa shape index (κ2) is 8.81. The van der Waals surface area contributed by atoms with Gasteiger partial charge in [-0.15, -0.1) is 0 Å². The molecule has 0 aromatic carbocycles. The first-order valence-corrected chi connectivity index (χ1v) is 9.91. The largest absolute Gasteiger partial charge is 0.395 e. The van der Waals surface area contributed by atoms with E-state index in [0.29, 0.717) is 22.8 Å². The van der Waals surface area contributed by atoms with Gasteiger partial charge in [0.2, 0.25) is 0 Å². The van der Waals surface area contributed by atoms with Crippen molar-refractivity contribution in [1.29, 1.82) is 0 Å². The third-order valence-corrected chi connectivity index (χ3v) is 4.66. The zero-order valence-corrected chi connectivity index (χ0v) is 18.1. The van der Waals surface area contributed by atoms with Crippen molar-refractivity contribution >= 4 is 28.2 Å². The molecule has 0 aliphatic rings. The normalized spacial score (nSPS) is 12.7. The summed E-state index contributed by atoms with van der Waals surface area (Å²) < 4.78 is 6.87. The number of hydrogen-bond acceptors (Lipinski definition) is 7. The number of aliphatic hydroxyl groups excluding tert-OH is 1. The van der Waals surface area contributed by atoms with Crippen LogP contribution >= 0.6 is 0 Å². The highest BCUT2D eigenvalue weighted by Gasteiger charge is 2.17. The Bertz CT molecular complexity index is 1090. The van der Waals surface area contributed by atoms with E-state index in [0.717, 1.165) is 10.9 Å². The van der Waals surface area contributed by atoms with Crippen LogP contribution in [0.2, 0.25) is 0 Å². The van der Waals surface area contributed by atoms with Gasteiger partial charge in [0.15, 0.2) is 0 Å². The summed E-state index contributed by atoms with van der Waals surface area (Å²) in [5.41, 5.74) is 0.506. The van der Waals surface area contributed by atoms with Gasteiger partial charge in [0.1, 0.15) is 17.5 Å². The summed E-state index contributed by atoms with van der Waals surface area (Å²) in [4.78, 5) is 22.0. The van der Waals surface area contributed by atoms with E-state index in [4.69, 9.17) is 4.74 Å². The Morgan fingerprint density at radius 1 is 1.23 bits per heavy atom. The van der Waals surface area contributed by atoms with E-state index < -0.39 is 0 Å². The fraction of sp³-hybridized carbons (Fsp3) is 0.409. The van der Waals surface area contributed by atoms with E-state index in [1.807, 2.05) is 52.0 Å². The van der Waals surface area contributed by atoms with Gasteiger partial charge in [0, 0.05) is 31.6 Å². The molecular formula is C22H29N5O3. The average Bonchev–Trinajstić information content (AvgIpc) is 2.68. The van der Waals surface area contributed by atoms with Crippen LogP contribution in [0.4, 0.5) is 17.5 Å². The Morgan fingerprint density at radius 3 is 2.67 bits per heavy atom. The maximum atomic E-state index is 13.0. The molecule has 3 aromatic heterocycles. The smallest absolute Gasteiger partial charge is 0.262 e. The van der Waals surface area contributed by atoms with Crippen LogP contribution in [0.25, 0.3) is 10.8 Å². The Balaban J connectivity index is 2.08. The minimum atomic E-state index is -0.297. The number of rotatable bonds is 7. The number of methoxy groups -OCH3 is 1. The van der Waals surface area contributed by atoms with Crippen LogP contribution in [0.1, 0.15) is 39.4 Å². The Kier molecular flexibility index (Phi) is 6.38. The molecule has 30 heavy (non-hydrogen) atoms. The third kappa shape index (κ3) is 4.95. The predicted octanol–water partition coefficient (Wildman–Crippen LogP) is 3.45. The van der Waals surface area contributed by atoms with Crippen molar-refractivity contribution in [3.63, 3.8) is 0 Å². The second-order valence-electron chi connectivity index (χ2n) is 8.21. The van der Waals surface area contributed by atoms with Gasteiger partial charge in [0.05, 0.1) is 18.1 Å². The molecule has 3 aromatic rings. The Labute approximate surface area is 175 Å². The van der Waals surface area contributed by atoms with Crippen molar-refractivity contribution < 1.29 is 9.84 Å². The molecule has 1 atom stereocenters. The number of anilines is 3. The van der Waals surface area contributed by atoms with Crippen molar-refractivity contribution in [2.45, 2.75) is 45.9 Å². The lowest BCUT2D eigenvalue weighted by Gasteiger charge is -2.23. The van der Waals surface area contributed by atoms with Crippen LogP contribution in [0.3, 0.4) is 0 Å². The molecule has 1 unspecified atom stereocenters. The molecule has 0 spiro atoms. The zero-order chi connectivity index (χ0) is 21.9. The van der Waals surface area contributed by atoms with Gasteiger partial charge >= 0.3 is 0 Å². The zero-order valence-electron chi connectivity index (χ0n) is 18.1. The van der Waals surface area contributed by atoms with E-state index in [1.54, 1.807) is 19.5 Å². The molecule has 3 rings (SSSR count). The van der Waals surface area contributed by atoms with Crippen molar-refractivity contribution in [2.24, 2.45) is 0 Å². The summed E-state index contributed by atoms with van der Waals surface area (Å²) in [5.74, 6) is 1.70. The van der Waals surface area contributed by atoms with E-state index >= 15 is 0 Å². The fourth-order valence-corrected chi connectivity index (χ4v) is 3.13. The van der Waals surface area contributed by atoms with Crippen LogP contribution < -0.4 is 16.2 Å². The van der Waals surface area contributed by atoms with Crippen LogP contribution in [-0.4, -0.2) is 38.9 Å². The first kappa shape index (κ1) is 21.7. The first-order valence-electron chi connectivity index (χ1n) is 9.91. The molecule has 0 aliphatic heterocycles. The standard InChI is InChI=1S/C22H29N5O3/c1-14(30-5)15-6-8-23-17(12-15)24-18-13-16-7-9-27(10-11-28)21(29)19(16)20(25-18)26-22(2,3)4/h6-9,12-14,28H,10-11H2,1-5H3,(H2,23,24,25,26). The lowest BCUT2D eigenvalue weighted by Crippen LogP contribution is -2.29. The van der Waals surface area contributed by atoms with Crippen LogP contribution in [0, 0.1) is 0 Å². The second-order valence-corrected chi connectivity index (χ2v) is 8.21. The summed E-state index contributed by atoms with van der Waals surface area (Å²) in [6.45, 7) is 8.11. The van der Waals surface area contributed by atoms with Crippen molar-refractivity contribution in [3.05, 3.63) is 52.6 Å². The highest BCUT2D eigenvalue weighted by Crippen LogP contribution is 2.27. The number of hydrogen-bond donors (Lipinski definition) is 3. The van der Waals surface area contributed by atoms with Gasteiger partial charge in [-0.1, -0.05) is 0 Å². The van der Waals surface area contributed by atoms with Gasteiger partial charge < -0.3 is 25.0 Å². The molecule has 8 heteroatoms. The molecule has 0 aliphatic carbocycles. The number of aromatic nitrogens is 3.